The molecule has 1 aromatic heterocycles. The lowest BCUT2D eigenvalue weighted by Gasteiger charge is -2.11. The second-order valence-electron chi connectivity index (χ2n) is 6.80. The third-order valence-corrected chi connectivity index (χ3v) is 4.86. The first-order valence-electron chi connectivity index (χ1n) is 9.79. The molecule has 3 rings (SSSR count). The number of aliphatic carboxylic acids is 1. The minimum absolute atomic E-state index is 0.00516. The molecule has 8 nitrogen and oxygen atoms in total. The minimum Gasteiger partial charge on any atom is -0.494 e. The molecule has 192 valence electrons. The average molecular weight is 548 g/mol. The van der Waals surface area contributed by atoms with Gasteiger partial charge in [-0.25, -0.2) is 14.6 Å². The van der Waals surface area contributed by atoms with E-state index in [9.17, 15) is 22.8 Å². The molecule has 36 heavy (non-hydrogen) atoms. The molecule has 3 aromatic rings. The number of benzene rings is 2. The molecule has 1 heterocycles. The first-order valence-corrected chi connectivity index (χ1v) is 10.5. The van der Waals surface area contributed by atoms with E-state index >= 15 is 0 Å². The molecule has 1 unspecified atom stereocenters. The van der Waals surface area contributed by atoms with Crippen LogP contribution in [0.15, 0.2) is 54.7 Å². The Morgan fingerprint density at radius 2 is 1.53 bits per heavy atom. The fourth-order valence-corrected chi connectivity index (χ4v) is 2.97. The number of ether oxygens (including phenoxy) is 3. The SMILES string of the molecule is CC(Oc1ccc(Oc2ccc(C(F)(F)F)cn2)cc1)C(=O)O.COc1c(Cl)ccc(Cl)c1C(=O)O. The van der Waals surface area contributed by atoms with Crippen molar-refractivity contribution >= 4 is 35.1 Å². The third kappa shape index (κ3) is 7.92. The van der Waals surface area contributed by atoms with Gasteiger partial charge in [0.15, 0.2) is 11.9 Å². The molecule has 2 aromatic carbocycles. The number of aromatic carboxylic acids is 1. The number of alkyl halides is 3. The van der Waals surface area contributed by atoms with Gasteiger partial charge in [-0.15, -0.1) is 0 Å². The van der Waals surface area contributed by atoms with Gasteiger partial charge in [0.2, 0.25) is 5.88 Å². The smallest absolute Gasteiger partial charge is 0.417 e. The summed E-state index contributed by atoms with van der Waals surface area (Å²) in [4.78, 5) is 25.0. The van der Waals surface area contributed by atoms with Crippen molar-refractivity contribution < 1.29 is 47.2 Å². The molecule has 0 radical (unpaired) electrons. The first-order chi connectivity index (χ1) is 16.8. The Morgan fingerprint density at radius 1 is 0.944 bits per heavy atom. The summed E-state index contributed by atoms with van der Waals surface area (Å²) in [5, 5.41) is 17.8. The van der Waals surface area contributed by atoms with Crippen LogP contribution in [-0.4, -0.2) is 40.3 Å². The predicted molar refractivity (Wildman–Crippen MR) is 123 cm³/mol. The number of halogens is 5. The molecule has 0 bridgehead atoms. The number of rotatable bonds is 7. The summed E-state index contributed by atoms with van der Waals surface area (Å²) in [6, 6.07) is 10.8. The quantitative estimate of drug-likeness (QED) is 0.347. The predicted octanol–water partition coefficient (Wildman–Crippen LogP) is 6.44. The van der Waals surface area contributed by atoms with Gasteiger partial charge in [-0.05, 0) is 49.4 Å². The van der Waals surface area contributed by atoms with Crippen LogP contribution >= 0.6 is 23.2 Å². The van der Waals surface area contributed by atoms with E-state index in [1.54, 1.807) is 0 Å². The molecule has 0 amide bonds. The van der Waals surface area contributed by atoms with Gasteiger partial charge in [-0.3, -0.25) is 0 Å². The lowest BCUT2D eigenvalue weighted by Crippen LogP contribution is -2.22. The first kappa shape index (κ1) is 28.5. The molecule has 0 saturated heterocycles. The van der Waals surface area contributed by atoms with Gasteiger partial charge < -0.3 is 24.4 Å². The number of carboxylic acids is 2. The van der Waals surface area contributed by atoms with Crippen molar-refractivity contribution in [2.24, 2.45) is 0 Å². The van der Waals surface area contributed by atoms with E-state index in [2.05, 4.69) is 4.98 Å². The van der Waals surface area contributed by atoms with Crippen LogP contribution in [0, 0.1) is 0 Å². The number of hydrogen-bond acceptors (Lipinski definition) is 6. The van der Waals surface area contributed by atoms with Gasteiger partial charge in [-0.1, -0.05) is 23.2 Å². The largest absolute Gasteiger partial charge is 0.494 e. The number of methoxy groups -OCH3 is 1. The highest BCUT2D eigenvalue weighted by Gasteiger charge is 2.30. The van der Waals surface area contributed by atoms with Crippen LogP contribution in [0.3, 0.4) is 0 Å². The summed E-state index contributed by atoms with van der Waals surface area (Å²) in [7, 11) is 1.34. The molecule has 0 aliphatic rings. The number of carbonyl (C=O) groups is 2. The number of nitrogens with zero attached hydrogens (tertiary/aromatic N) is 1. The fraction of sp³-hybridized carbons (Fsp3) is 0.174. The maximum absolute atomic E-state index is 12.4. The van der Waals surface area contributed by atoms with E-state index in [1.807, 2.05) is 0 Å². The highest BCUT2D eigenvalue weighted by atomic mass is 35.5. The van der Waals surface area contributed by atoms with Crippen LogP contribution in [0.5, 0.6) is 23.1 Å². The van der Waals surface area contributed by atoms with Crippen molar-refractivity contribution in [1.82, 2.24) is 4.98 Å². The Morgan fingerprint density at radius 3 is 1.97 bits per heavy atom. The summed E-state index contributed by atoms with van der Waals surface area (Å²) < 4.78 is 52.5. The summed E-state index contributed by atoms with van der Waals surface area (Å²) in [6.45, 7) is 1.39. The minimum atomic E-state index is -4.45. The Kier molecular flexibility index (Phi) is 9.76. The zero-order chi connectivity index (χ0) is 27.0. The fourth-order valence-electron chi connectivity index (χ4n) is 2.50. The van der Waals surface area contributed by atoms with E-state index in [4.69, 9.17) is 47.6 Å². The summed E-state index contributed by atoms with van der Waals surface area (Å²) >= 11 is 11.4. The maximum atomic E-state index is 12.4. The molecule has 0 fully saturated rings. The van der Waals surface area contributed by atoms with E-state index in [0.29, 0.717) is 17.7 Å². The standard InChI is InChI=1S/C15H12F3NO4.C8H6Cl2O3/c1-9(14(20)21)22-11-3-5-12(6-4-11)23-13-7-2-10(8-19-13)15(16,17)18;1-13-7-5(10)3-2-4(9)6(7)8(11)12/h2-9H,1H3,(H,20,21);2-3H,1H3,(H,11,12). The maximum Gasteiger partial charge on any atom is 0.417 e. The average Bonchev–Trinajstić information content (AvgIpc) is 2.81. The molecular formula is C23H18Cl2F3NO7. The Hall–Kier alpha value is -3.70. The topological polar surface area (TPSA) is 115 Å². The van der Waals surface area contributed by atoms with E-state index < -0.39 is 29.8 Å². The summed E-state index contributed by atoms with van der Waals surface area (Å²) in [5.74, 6) is -1.52. The highest BCUT2D eigenvalue weighted by molar-refractivity contribution is 6.36. The Balaban J connectivity index is 0.000000297. The van der Waals surface area contributed by atoms with Gasteiger partial charge in [-0.2, -0.15) is 13.2 Å². The normalized spacial score (nSPS) is 11.5. The zero-order valence-corrected chi connectivity index (χ0v) is 20.1. The van der Waals surface area contributed by atoms with Crippen LogP contribution in [0.25, 0.3) is 0 Å². The Bertz CT molecular complexity index is 1200. The van der Waals surface area contributed by atoms with E-state index in [-0.39, 0.29) is 27.2 Å². The van der Waals surface area contributed by atoms with Crippen molar-refractivity contribution in [2.75, 3.05) is 7.11 Å². The number of hydrogen-bond donors (Lipinski definition) is 2. The molecule has 0 spiro atoms. The highest BCUT2D eigenvalue weighted by Crippen LogP contribution is 2.33. The summed E-state index contributed by atoms with van der Waals surface area (Å²) in [6.07, 6.45) is -4.77. The molecule has 0 aliphatic heterocycles. The van der Waals surface area contributed by atoms with Crippen molar-refractivity contribution in [2.45, 2.75) is 19.2 Å². The monoisotopic (exact) mass is 547 g/mol. The lowest BCUT2D eigenvalue weighted by atomic mass is 10.2. The van der Waals surface area contributed by atoms with Crippen LogP contribution in [0.2, 0.25) is 10.0 Å². The van der Waals surface area contributed by atoms with Crippen molar-refractivity contribution in [3.05, 3.63) is 75.9 Å². The zero-order valence-electron chi connectivity index (χ0n) is 18.5. The van der Waals surface area contributed by atoms with Gasteiger partial charge in [0.25, 0.3) is 0 Å². The van der Waals surface area contributed by atoms with Crippen LogP contribution in [0.4, 0.5) is 13.2 Å². The molecule has 2 N–H and O–H groups in total. The van der Waals surface area contributed by atoms with Crippen LogP contribution in [0.1, 0.15) is 22.8 Å². The number of aromatic nitrogens is 1. The Labute approximate surface area is 212 Å². The van der Waals surface area contributed by atoms with E-state index in [0.717, 1.165) is 12.1 Å². The number of pyridine rings is 1. The van der Waals surface area contributed by atoms with Crippen molar-refractivity contribution in [3.8, 4) is 23.1 Å². The van der Waals surface area contributed by atoms with Gasteiger partial charge in [0.05, 0.1) is 22.7 Å². The van der Waals surface area contributed by atoms with Crippen LogP contribution in [-0.2, 0) is 11.0 Å². The number of carboxylic acid groups (broad SMARTS) is 2. The second kappa shape index (κ2) is 12.3. The van der Waals surface area contributed by atoms with Gasteiger partial charge >= 0.3 is 18.1 Å². The molecular weight excluding hydrogens is 530 g/mol. The molecule has 0 aliphatic carbocycles. The second-order valence-corrected chi connectivity index (χ2v) is 7.61. The molecule has 1 atom stereocenters. The van der Waals surface area contributed by atoms with Crippen LogP contribution < -0.4 is 14.2 Å². The van der Waals surface area contributed by atoms with E-state index in [1.165, 1.54) is 50.4 Å². The van der Waals surface area contributed by atoms with Gasteiger partial charge in [0.1, 0.15) is 17.1 Å². The molecule has 0 saturated carbocycles. The third-order valence-electron chi connectivity index (χ3n) is 4.25. The lowest BCUT2D eigenvalue weighted by molar-refractivity contribution is -0.144. The van der Waals surface area contributed by atoms with Gasteiger partial charge in [0, 0.05) is 12.3 Å². The van der Waals surface area contributed by atoms with Crippen molar-refractivity contribution in [1.29, 1.82) is 0 Å². The van der Waals surface area contributed by atoms with Crippen molar-refractivity contribution in [3.63, 3.8) is 0 Å². The summed E-state index contributed by atoms with van der Waals surface area (Å²) in [5.41, 5.74) is -0.979. The molecule has 13 heteroatoms.